The van der Waals surface area contributed by atoms with Crippen molar-refractivity contribution < 1.29 is 4.79 Å². The second-order valence-corrected chi connectivity index (χ2v) is 2.97. The van der Waals surface area contributed by atoms with E-state index in [0.717, 1.165) is 11.0 Å². The number of carbonyl (C=O) groups is 1. The van der Waals surface area contributed by atoms with E-state index in [1.165, 1.54) is 6.92 Å². The lowest BCUT2D eigenvalue weighted by molar-refractivity contribution is -0.119. The van der Waals surface area contributed by atoms with Crippen LogP contribution in [0.25, 0.3) is 11.0 Å². The molecule has 0 saturated carbocycles. The van der Waals surface area contributed by atoms with E-state index >= 15 is 0 Å². The van der Waals surface area contributed by atoms with E-state index in [0.29, 0.717) is 6.67 Å². The van der Waals surface area contributed by atoms with Gasteiger partial charge in [0.05, 0.1) is 5.52 Å². The Morgan fingerprint density at radius 2 is 2.29 bits per heavy atom. The lowest BCUT2D eigenvalue weighted by Gasteiger charge is -2.01. The Bertz CT molecular complexity index is 463. The topological polar surface area (TPSA) is 59.8 Å². The molecule has 0 atom stereocenters. The van der Waals surface area contributed by atoms with Crippen molar-refractivity contribution in [2.75, 3.05) is 0 Å². The summed E-state index contributed by atoms with van der Waals surface area (Å²) >= 11 is 0. The van der Waals surface area contributed by atoms with Crippen LogP contribution in [0, 0.1) is 0 Å². The van der Waals surface area contributed by atoms with E-state index < -0.39 is 0 Å². The molecular weight excluding hydrogens is 180 g/mol. The van der Waals surface area contributed by atoms with Crippen molar-refractivity contribution >= 4 is 16.9 Å². The predicted octanol–water partition coefficient (Wildman–Crippen LogP) is 0.525. The van der Waals surface area contributed by atoms with Crippen molar-refractivity contribution in [1.29, 1.82) is 0 Å². The third kappa shape index (κ3) is 1.56. The van der Waals surface area contributed by atoms with Gasteiger partial charge in [-0.2, -0.15) is 0 Å². The van der Waals surface area contributed by atoms with Gasteiger partial charge in [0.2, 0.25) is 5.91 Å². The van der Waals surface area contributed by atoms with Crippen molar-refractivity contribution in [3.63, 3.8) is 0 Å². The summed E-state index contributed by atoms with van der Waals surface area (Å²) in [6.45, 7) is 1.83. The summed E-state index contributed by atoms with van der Waals surface area (Å²) in [6, 6.07) is 7.61. The van der Waals surface area contributed by atoms with Crippen LogP contribution in [-0.4, -0.2) is 20.9 Å². The van der Waals surface area contributed by atoms with E-state index in [2.05, 4.69) is 15.6 Å². The summed E-state index contributed by atoms with van der Waals surface area (Å²) in [5.41, 5.74) is 1.75. The second kappa shape index (κ2) is 3.45. The first-order chi connectivity index (χ1) is 6.77. The number of hydrogen-bond donors (Lipinski definition) is 1. The lowest BCUT2D eigenvalue weighted by atomic mass is 10.3. The number of para-hydroxylation sites is 1. The van der Waals surface area contributed by atoms with Gasteiger partial charge in [-0.3, -0.25) is 4.79 Å². The molecule has 0 fully saturated rings. The molecule has 14 heavy (non-hydrogen) atoms. The summed E-state index contributed by atoms with van der Waals surface area (Å²) < 4.78 is 1.65. The van der Waals surface area contributed by atoms with Crippen molar-refractivity contribution in [1.82, 2.24) is 20.3 Å². The zero-order valence-electron chi connectivity index (χ0n) is 7.77. The molecular formula is C9H10N4O. The fourth-order valence-corrected chi connectivity index (χ4v) is 1.22. The first-order valence-electron chi connectivity index (χ1n) is 4.30. The minimum Gasteiger partial charge on any atom is -0.337 e. The molecule has 2 rings (SSSR count). The summed E-state index contributed by atoms with van der Waals surface area (Å²) in [6.07, 6.45) is 0. The van der Waals surface area contributed by atoms with Gasteiger partial charge < -0.3 is 5.32 Å². The molecule has 72 valence electrons. The van der Waals surface area contributed by atoms with Gasteiger partial charge in [-0.1, -0.05) is 17.3 Å². The highest BCUT2D eigenvalue weighted by molar-refractivity contribution is 5.75. The Balaban J connectivity index is 2.29. The molecule has 0 aliphatic carbocycles. The first-order valence-corrected chi connectivity index (χ1v) is 4.30. The van der Waals surface area contributed by atoms with Crippen molar-refractivity contribution in [3.05, 3.63) is 24.3 Å². The SMILES string of the molecule is CC(=O)NCn1nnc2ccccc21. The predicted molar refractivity (Wildman–Crippen MR) is 51.3 cm³/mol. The van der Waals surface area contributed by atoms with Gasteiger partial charge in [0.25, 0.3) is 0 Å². The molecule has 0 radical (unpaired) electrons. The molecule has 5 heteroatoms. The Kier molecular flexibility index (Phi) is 2.14. The van der Waals surface area contributed by atoms with Crippen LogP contribution in [0.5, 0.6) is 0 Å². The highest BCUT2D eigenvalue weighted by Gasteiger charge is 2.02. The van der Waals surface area contributed by atoms with Gasteiger partial charge in [-0.15, -0.1) is 5.10 Å². The monoisotopic (exact) mass is 190 g/mol. The maximum absolute atomic E-state index is 10.7. The van der Waals surface area contributed by atoms with E-state index in [-0.39, 0.29) is 5.91 Å². The van der Waals surface area contributed by atoms with Crippen LogP contribution >= 0.6 is 0 Å². The van der Waals surface area contributed by atoms with Crippen LogP contribution in [0.1, 0.15) is 6.92 Å². The quantitative estimate of drug-likeness (QED) is 0.751. The van der Waals surface area contributed by atoms with E-state index in [4.69, 9.17) is 0 Å². The fraction of sp³-hybridized carbons (Fsp3) is 0.222. The highest BCUT2D eigenvalue weighted by atomic mass is 16.1. The molecule has 1 N–H and O–H groups in total. The number of rotatable bonds is 2. The average molecular weight is 190 g/mol. The standard InChI is InChI=1S/C9H10N4O/c1-7(14)10-6-13-9-5-3-2-4-8(9)11-12-13/h2-5H,6H2,1H3,(H,10,14). The number of aromatic nitrogens is 3. The smallest absolute Gasteiger partial charge is 0.218 e. The largest absolute Gasteiger partial charge is 0.337 e. The molecule has 0 unspecified atom stereocenters. The molecule has 1 heterocycles. The van der Waals surface area contributed by atoms with Crippen LogP contribution in [-0.2, 0) is 11.5 Å². The van der Waals surface area contributed by atoms with Gasteiger partial charge >= 0.3 is 0 Å². The number of hydrogen-bond acceptors (Lipinski definition) is 3. The molecule has 0 aliphatic heterocycles. The molecule has 1 aromatic heterocycles. The molecule has 0 aliphatic rings. The van der Waals surface area contributed by atoms with E-state index in [9.17, 15) is 4.79 Å². The molecule has 0 spiro atoms. The zero-order valence-corrected chi connectivity index (χ0v) is 7.77. The van der Waals surface area contributed by atoms with Crippen LogP contribution in [0.3, 0.4) is 0 Å². The number of benzene rings is 1. The van der Waals surface area contributed by atoms with Crippen LogP contribution in [0.15, 0.2) is 24.3 Å². The lowest BCUT2D eigenvalue weighted by Crippen LogP contribution is -2.23. The average Bonchev–Trinajstić information content (AvgIpc) is 2.58. The van der Waals surface area contributed by atoms with E-state index in [1.54, 1.807) is 4.68 Å². The minimum absolute atomic E-state index is 0.0791. The molecule has 5 nitrogen and oxygen atoms in total. The fourth-order valence-electron chi connectivity index (χ4n) is 1.22. The van der Waals surface area contributed by atoms with Gasteiger partial charge in [-0.25, -0.2) is 4.68 Å². The Morgan fingerprint density at radius 3 is 3.07 bits per heavy atom. The maximum atomic E-state index is 10.7. The zero-order chi connectivity index (χ0) is 9.97. The normalized spacial score (nSPS) is 10.4. The Labute approximate surface area is 80.7 Å². The van der Waals surface area contributed by atoms with Crippen LogP contribution in [0.4, 0.5) is 0 Å². The second-order valence-electron chi connectivity index (χ2n) is 2.97. The number of nitrogens with zero attached hydrogens (tertiary/aromatic N) is 3. The van der Waals surface area contributed by atoms with Gasteiger partial charge in [0, 0.05) is 6.92 Å². The summed E-state index contributed by atoms with van der Waals surface area (Å²) in [5, 5.41) is 10.5. The number of nitrogens with one attached hydrogen (secondary N) is 1. The highest BCUT2D eigenvalue weighted by Crippen LogP contribution is 2.08. The van der Waals surface area contributed by atoms with Gasteiger partial charge in [-0.05, 0) is 12.1 Å². The maximum Gasteiger partial charge on any atom is 0.218 e. The number of fused-ring (bicyclic) bond motifs is 1. The number of amides is 1. The van der Waals surface area contributed by atoms with Gasteiger partial charge in [0.1, 0.15) is 12.2 Å². The molecule has 0 bridgehead atoms. The molecule has 1 aromatic carbocycles. The molecule has 1 amide bonds. The van der Waals surface area contributed by atoms with Crippen LogP contribution < -0.4 is 5.32 Å². The van der Waals surface area contributed by atoms with Crippen molar-refractivity contribution in [2.24, 2.45) is 0 Å². The van der Waals surface area contributed by atoms with E-state index in [1.807, 2.05) is 24.3 Å². The number of carbonyl (C=O) groups excluding carboxylic acids is 1. The third-order valence-electron chi connectivity index (χ3n) is 1.90. The van der Waals surface area contributed by atoms with Gasteiger partial charge in [0.15, 0.2) is 0 Å². The molecule has 0 saturated heterocycles. The third-order valence-corrected chi connectivity index (χ3v) is 1.90. The molecule has 2 aromatic rings. The summed E-state index contributed by atoms with van der Waals surface area (Å²) in [7, 11) is 0. The minimum atomic E-state index is -0.0791. The van der Waals surface area contributed by atoms with Crippen molar-refractivity contribution in [2.45, 2.75) is 13.6 Å². The first kappa shape index (κ1) is 8.68. The summed E-state index contributed by atoms with van der Waals surface area (Å²) in [4.78, 5) is 10.7. The summed E-state index contributed by atoms with van der Waals surface area (Å²) in [5.74, 6) is -0.0791. The Morgan fingerprint density at radius 1 is 1.50 bits per heavy atom. The Hall–Kier alpha value is -1.91. The van der Waals surface area contributed by atoms with Crippen molar-refractivity contribution in [3.8, 4) is 0 Å². The van der Waals surface area contributed by atoms with Crippen LogP contribution in [0.2, 0.25) is 0 Å².